The third-order valence-corrected chi connectivity index (χ3v) is 9.45. The average molecular weight is 558 g/mol. The molecule has 1 unspecified atom stereocenters. The zero-order valence-electron chi connectivity index (χ0n) is 25.7. The monoisotopic (exact) mass is 557 g/mol. The molecule has 3 heteroatoms. The summed E-state index contributed by atoms with van der Waals surface area (Å²) in [5.41, 5.74) is 4.68. The molecule has 5 rings (SSSR count). The number of aromatic nitrogens is 1. The van der Waals surface area contributed by atoms with Crippen LogP contribution in [0.25, 0.3) is 5.76 Å². The molecule has 224 valence electrons. The van der Waals surface area contributed by atoms with E-state index in [1.165, 1.54) is 140 Å². The zero-order valence-corrected chi connectivity index (χ0v) is 25.7. The van der Waals surface area contributed by atoms with Crippen molar-refractivity contribution < 1.29 is 9.47 Å². The number of aryl methyl sites for hydroxylation is 2. The van der Waals surface area contributed by atoms with Crippen LogP contribution in [0.1, 0.15) is 157 Å². The van der Waals surface area contributed by atoms with Crippen molar-refractivity contribution in [1.29, 1.82) is 0 Å². The number of pyridine rings is 1. The molecule has 1 atom stereocenters. The molecule has 1 aromatic carbocycles. The maximum absolute atomic E-state index is 6.29. The van der Waals surface area contributed by atoms with Gasteiger partial charge in [0.2, 0.25) is 0 Å². The Hall–Kier alpha value is -2.29. The summed E-state index contributed by atoms with van der Waals surface area (Å²) < 4.78 is 12.3. The number of rotatable bonds is 22. The fourth-order valence-electron chi connectivity index (χ4n) is 6.35. The molecule has 0 radical (unpaired) electrons. The second kappa shape index (κ2) is 17.0. The van der Waals surface area contributed by atoms with Crippen molar-refractivity contribution in [2.45, 2.75) is 148 Å². The van der Waals surface area contributed by atoms with E-state index in [4.69, 9.17) is 14.5 Å². The van der Waals surface area contributed by atoms with Gasteiger partial charge in [-0.05, 0) is 55.2 Å². The quantitative estimate of drug-likeness (QED) is 0.135. The van der Waals surface area contributed by atoms with Gasteiger partial charge < -0.3 is 9.47 Å². The molecule has 3 nitrogen and oxygen atoms in total. The molecule has 1 aromatic heterocycles. The third kappa shape index (κ3) is 11.1. The Morgan fingerprint density at radius 3 is 1.80 bits per heavy atom. The van der Waals surface area contributed by atoms with E-state index in [2.05, 4.69) is 36.4 Å². The Balaban J connectivity index is 0.947. The molecule has 3 aliphatic rings. The predicted molar refractivity (Wildman–Crippen MR) is 170 cm³/mol. The maximum Gasteiger partial charge on any atom is 0.267 e. The Morgan fingerprint density at radius 2 is 1.20 bits per heavy atom. The number of benzene rings is 1. The second-order valence-corrected chi connectivity index (χ2v) is 13.2. The Kier molecular flexibility index (Phi) is 12.5. The molecule has 0 amide bonds. The molecule has 2 heterocycles. The van der Waals surface area contributed by atoms with Crippen LogP contribution in [-0.2, 0) is 22.3 Å². The molecular weight excluding hydrogens is 502 g/mol. The predicted octanol–water partition coefficient (Wildman–Crippen LogP) is 11.3. The minimum atomic E-state index is -0.360. The SMILES string of the molecule is C1=C(c2ccc(CCCCCCCCCC3CC3)nc2)OC(c2ccccc2CCCCCCCCCC2CC2)O1. The molecule has 0 saturated heterocycles. The van der Waals surface area contributed by atoms with Gasteiger partial charge in [-0.3, -0.25) is 4.98 Å². The molecule has 2 aromatic rings. The summed E-state index contributed by atoms with van der Waals surface area (Å²) in [5.74, 6) is 2.98. The van der Waals surface area contributed by atoms with Crippen LogP contribution in [0.5, 0.6) is 0 Å². The van der Waals surface area contributed by atoms with Gasteiger partial charge in [-0.1, -0.05) is 140 Å². The van der Waals surface area contributed by atoms with E-state index in [0.717, 1.165) is 41.6 Å². The lowest BCUT2D eigenvalue weighted by Crippen LogP contribution is -2.04. The lowest BCUT2D eigenvalue weighted by molar-refractivity contribution is -0.0177. The smallest absolute Gasteiger partial charge is 0.267 e. The maximum atomic E-state index is 6.29. The van der Waals surface area contributed by atoms with Crippen LogP contribution in [0, 0.1) is 11.8 Å². The van der Waals surface area contributed by atoms with Gasteiger partial charge in [0.25, 0.3) is 6.29 Å². The summed E-state index contributed by atoms with van der Waals surface area (Å²) >= 11 is 0. The summed E-state index contributed by atoms with van der Waals surface area (Å²) in [6.45, 7) is 0. The van der Waals surface area contributed by atoms with Gasteiger partial charge in [-0.25, -0.2) is 0 Å². The van der Waals surface area contributed by atoms with E-state index in [9.17, 15) is 0 Å². The van der Waals surface area contributed by atoms with Crippen molar-refractivity contribution in [1.82, 2.24) is 4.98 Å². The van der Waals surface area contributed by atoms with Gasteiger partial charge in [0.05, 0.1) is 0 Å². The summed E-state index contributed by atoms with van der Waals surface area (Å²) in [7, 11) is 0. The Bertz CT molecular complexity index is 1040. The van der Waals surface area contributed by atoms with Crippen LogP contribution in [0.15, 0.2) is 48.9 Å². The van der Waals surface area contributed by atoms with E-state index in [1.54, 1.807) is 6.26 Å². The number of hydrogen-bond acceptors (Lipinski definition) is 3. The van der Waals surface area contributed by atoms with Crippen molar-refractivity contribution in [2.24, 2.45) is 11.8 Å². The lowest BCUT2D eigenvalue weighted by Gasteiger charge is -2.16. The summed E-state index contributed by atoms with van der Waals surface area (Å²) in [5, 5.41) is 0. The number of nitrogens with zero attached hydrogens (tertiary/aromatic N) is 1. The van der Waals surface area contributed by atoms with Crippen molar-refractivity contribution in [2.75, 3.05) is 0 Å². The van der Waals surface area contributed by atoms with E-state index in [0.29, 0.717) is 0 Å². The van der Waals surface area contributed by atoms with Crippen LogP contribution >= 0.6 is 0 Å². The minimum Gasteiger partial charge on any atom is -0.454 e. The summed E-state index contributed by atoms with van der Waals surface area (Å²) in [4.78, 5) is 4.73. The van der Waals surface area contributed by atoms with Crippen molar-refractivity contribution in [3.05, 3.63) is 71.2 Å². The van der Waals surface area contributed by atoms with E-state index < -0.39 is 0 Å². The zero-order chi connectivity index (χ0) is 28.0. The summed E-state index contributed by atoms with van der Waals surface area (Å²) in [6, 6.07) is 12.9. The van der Waals surface area contributed by atoms with Gasteiger partial charge in [0, 0.05) is 23.0 Å². The fraction of sp³-hybridized carbons (Fsp3) is 0.658. The van der Waals surface area contributed by atoms with Gasteiger partial charge in [-0.2, -0.15) is 0 Å². The highest BCUT2D eigenvalue weighted by Gasteiger charge is 2.25. The topological polar surface area (TPSA) is 31.4 Å². The minimum absolute atomic E-state index is 0.360. The second-order valence-electron chi connectivity index (χ2n) is 13.2. The van der Waals surface area contributed by atoms with Crippen molar-refractivity contribution in [3.63, 3.8) is 0 Å². The van der Waals surface area contributed by atoms with Crippen LogP contribution in [0.4, 0.5) is 0 Å². The number of ether oxygens (including phenoxy) is 2. The highest BCUT2D eigenvalue weighted by molar-refractivity contribution is 5.59. The van der Waals surface area contributed by atoms with Crippen LogP contribution in [-0.4, -0.2) is 4.98 Å². The first-order valence-corrected chi connectivity index (χ1v) is 17.4. The van der Waals surface area contributed by atoms with Gasteiger partial charge in [-0.15, -0.1) is 0 Å². The van der Waals surface area contributed by atoms with Gasteiger partial charge in [0.1, 0.15) is 6.26 Å². The van der Waals surface area contributed by atoms with Crippen LogP contribution in [0.2, 0.25) is 0 Å². The van der Waals surface area contributed by atoms with Gasteiger partial charge in [0.15, 0.2) is 5.76 Å². The average Bonchev–Trinajstić information content (AvgIpc) is 3.95. The molecule has 2 saturated carbocycles. The summed E-state index contributed by atoms with van der Waals surface area (Å²) in [6.07, 6.45) is 33.7. The molecule has 0 bridgehead atoms. The highest BCUT2D eigenvalue weighted by Crippen LogP contribution is 2.36. The molecule has 0 N–H and O–H groups in total. The first kappa shape index (κ1) is 30.2. The van der Waals surface area contributed by atoms with Crippen molar-refractivity contribution >= 4 is 5.76 Å². The number of unbranched alkanes of at least 4 members (excludes halogenated alkanes) is 12. The highest BCUT2D eigenvalue weighted by atomic mass is 16.7. The Labute approximate surface area is 250 Å². The fourth-order valence-corrected chi connectivity index (χ4v) is 6.35. The van der Waals surface area contributed by atoms with E-state index >= 15 is 0 Å². The van der Waals surface area contributed by atoms with Crippen LogP contribution < -0.4 is 0 Å². The normalized spacial score (nSPS) is 18.2. The van der Waals surface area contributed by atoms with Gasteiger partial charge >= 0.3 is 0 Å². The standard InChI is InChI=1S/C38H55NO2/c1(3-7-11-17-31-23-24-31)5-9-13-19-33-20-15-16-22-36(33)38-40-30-37(41-38)34-27-28-35(39-29-34)21-14-10-6-2-4-8-12-18-32-25-26-32/h15-16,20,22,27-32,38H,1-14,17-19,21,23-26H2. The van der Waals surface area contributed by atoms with Crippen molar-refractivity contribution in [3.8, 4) is 0 Å². The van der Waals surface area contributed by atoms with E-state index in [-0.39, 0.29) is 6.29 Å². The van der Waals surface area contributed by atoms with Crippen LogP contribution in [0.3, 0.4) is 0 Å². The molecular formula is C38H55NO2. The third-order valence-electron chi connectivity index (χ3n) is 9.45. The molecule has 2 aliphatic carbocycles. The largest absolute Gasteiger partial charge is 0.454 e. The molecule has 0 spiro atoms. The number of hydrogen-bond donors (Lipinski definition) is 0. The lowest BCUT2D eigenvalue weighted by atomic mass is 9.99. The molecule has 2 fully saturated rings. The van der Waals surface area contributed by atoms with E-state index in [1.807, 2.05) is 6.20 Å². The first-order valence-electron chi connectivity index (χ1n) is 17.4. The molecule has 41 heavy (non-hydrogen) atoms. The molecule has 1 aliphatic heterocycles. The first-order chi connectivity index (χ1) is 20.3. The Morgan fingerprint density at radius 1 is 0.610 bits per heavy atom.